The number of carbonyl (C=O) groups is 1. The highest BCUT2D eigenvalue weighted by Crippen LogP contribution is 2.32. The van der Waals surface area contributed by atoms with Crippen molar-refractivity contribution >= 4 is 6.41 Å². The molecular weight excluding hydrogens is 162 g/mol. The van der Waals surface area contributed by atoms with Gasteiger partial charge in [-0.15, -0.1) is 0 Å². The summed E-state index contributed by atoms with van der Waals surface area (Å²) in [6.45, 7) is 6.69. The molecule has 0 aliphatic heterocycles. The molecule has 0 aromatic rings. The molecule has 1 aliphatic carbocycles. The molecular formula is C11H17NO. The summed E-state index contributed by atoms with van der Waals surface area (Å²) in [5, 5.41) is 2.65. The molecule has 2 nitrogen and oxygen atoms in total. The van der Waals surface area contributed by atoms with E-state index in [1.54, 1.807) is 0 Å². The second-order valence-electron chi connectivity index (χ2n) is 4.49. The average molecular weight is 179 g/mol. The zero-order valence-corrected chi connectivity index (χ0v) is 8.50. The van der Waals surface area contributed by atoms with Crippen molar-refractivity contribution in [1.82, 2.24) is 5.32 Å². The molecule has 0 spiro atoms. The molecule has 1 N–H and O–H groups in total. The Balaban J connectivity index is 2.58. The first-order valence-electron chi connectivity index (χ1n) is 4.62. The van der Waals surface area contributed by atoms with Crippen molar-refractivity contribution in [1.29, 1.82) is 0 Å². The van der Waals surface area contributed by atoms with Crippen LogP contribution in [0.2, 0.25) is 0 Å². The van der Waals surface area contributed by atoms with E-state index in [2.05, 4.69) is 38.2 Å². The predicted octanol–water partition coefficient (Wildman–Crippen LogP) is 2.24. The van der Waals surface area contributed by atoms with Crippen molar-refractivity contribution < 1.29 is 4.79 Å². The summed E-state index contributed by atoms with van der Waals surface area (Å²) < 4.78 is 0. The molecule has 1 amide bonds. The summed E-state index contributed by atoms with van der Waals surface area (Å²) in [6.07, 6.45) is 7.95. The van der Waals surface area contributed by atoms with E-state index in [1.807, 2.05) is 6.08 Å². The minimum atomic E-state index is 0.305. The zero-order valence-electron chi connectivity index (χ0n) is 8.50. The van der Waals surface area contributed by atoms with E-state index in [0.29, 0.717) is 17.7 Å². The van der Waals surface area contributed by atoms with E-state index in [-0.39, 0.29) is 0 Å². The van der Waals surface area contributed by atoms with Crippen LogP contribution in [-0.4, -0.2) is 6.41 Å². The van der Waals surface area contributed by atoms with Gasteiger partial charge in [-0.25, -0.2) is 0 Å². The lowest BCUT2D eigenvalue weighted by atomic mass is 9.77. The van der Waals surface area contributed by atoms with Crippen LogP contribution in [0.4, 0.5) is 0 Å². The van der Waals surface area contributed by atoms with E-state index < -0.39 is 0 Å². The Bertz CT molecular complexity index is 245. The fourth-order valence-electron chi connectivity index (χ4n) is 1.44. The lowest BCUT2D eigenvalue weighted by Crippen LogP contribution is -2.21. The van der Waals surface area contributed by atoms with Crippen molar-refractivity contribution in [3.63, 3.8) is 0 Å². The third-order valence-electron chi connectivity index (χ3n) is 2.44. The van der Waals surface area contributed by atoms with Gasteiger partial charge in [0, 0.05) is 5.70 Å². The fraction of sp³-hybridized carbons (Fsp3) is 0.545. The van der Waals surface area contributed by atoms with Crippen LogP contribution in [0.3, 0.4) is 0 Å². The molecule has 1 rings (SSSR count). The van der Waals surface area contributed by atoms with Gasteiger partial charge in [0.1, 0.15) is 0 Å². The average Bonchev–Trinajstić information content (AvgIpc) is 2.04. The van der Waals surface area contributed by atoms with E-state index in [9.17, 15) is 4.79 Å². The van der Waals surface area contributed by atoms with Crippen LogP contribution < -0.4 is 5.32 Å². The third kappa shape index (κ3) is 2.72. The lowest BCUT2D eigenvalue weighted by Gasteiger charge is -2.29. The number of nitrogens with one attached hydrogen (secondary N) is 1. The minimum absolute atomic E-state index is 0.305. The van der Waals surface area contributed by atoms with E-state index >= 15 is 0 Å². The fourth-order valence-corrected chi connectivity index (χ4v) is 1.44. The Labute approximate surface area is 79.7 Å². The van der Waals surface area contributed by atoms with Crippen LogP contribution in [0, 0.1) is 11.3 Å². The van der Waals surface area contributed by atoms with Gasteiger partial charge in [0.2, 0.25) is 6.41 Å². The van der Waals surface area contributed by atoms with Crippen LogP contribution >= 0.6 is 0 Å². The number of carbonyl (C=O) groups excluding carboxylic acids is 1. The number of hydrogen-bond donors (Lipinski definition) is 1. The monoisotopic (exact) mass is 179 g/mol. The Morgan fingerprint density at radius 3 is 2.62 bits per heavy atom. The summed E-state index contributed by atoms with van der Waals surface area (Å²) >= 11 is 0. The van der Waals surface area contributed by atoms with Crippen molar-refractivity contribution in [3.8, 4) is 0 Å². The maximum absolute atomic E-state index is 10.2. The highest BCUT2D eigenvalue weighted by molar-refractivity contribution is 5.52. The molecule has 0 saturated heterocycles. The summed E-state index contributed by atoms with van der Waals surface area (Å²) in [5.41, 5.74) is 1.22. The molecule has 0 heterocycles. The zero-order chi connectivity index (χ0) is 9.90. The summed E-state index contributed by atoms with van der Waals surface area (Å²) in [5.74, 6) is 0.574. The van der Waals surface area contributed by atoms with Gasteiger partial charge in [0.25, 0.3) is 0 Å². The molecule has 1 unspecified atom stereocenters. The summed E-state index contributed by atoms with van der Waals surface area (Å²) in [6, 6.07) is 0. The van der Waals surface area contributed by atoms with Crippen LogP contribution in [0.1, 0.15) is 27.2 Å². The molecule has 13 heavy (non-hydrogen) atoms. The Kier molecular flexibility index (Phi) is 2.91. The van der Waals surface area contributed by atoms with Crippen molar-refractivity contribution in [2.24, 2.45) is 11.3 Å². The van der Waals surface area contributed by atoms with Crippen LogP contribution in [-0.2, 0) is 4.79 Å². The van der Waals surface area contributed by atoms with Gasteiger partial charge in [0.05, 0.1) is 0 Å². The lowest BCUT2D eigenvalue weighted by molar-refractivity contribution is -0.108. The first kappa shape index (κ1) is 10.0. The molecule has 72 valence electrons. The number of amides is 1. The molecule has 0 aromatic heterocycles. The molecule has 0 fully saturated rings. The SMILES string of the molecule is CC(C)(C)C1C=CC(NC=O)=CC1. The molecule has 1 aliphatic rings. The van der Waals surface area contributed by atoms with Crippen molar-refractivity contribution in [2.75, 3.05) is 0 Å². The molecule has 1 atom stereocenters. The summed E-state index contributed by atoms with van der Waals surface area (Å²) in [4.78, 5) is 10.2. The topological polar surface area (TPSA) is 29.1 Å². The smallest absolute Gasteiger partial charge is 0.211 e. The van der Waals surface area contributed by atoms with Gasteiger partial charge in [-0.1, -0.05) is 32.9 Å². The molecule has 2 heteroatoms. The largest absolute Gasteiger partial charge is 0.329 e. The Morgan fingerprint density at radius 2 is 2.23 bits per heavy atom. The number of allylic oxidation sites excluding steroid dienone is 3. The summed E-state index contributed by atoms with van der Waals surface area (Å²) in [7, 11) is 0. The first-order chi connectivity index (χ1) is 6.04. The van der Waals surface area contributed by atoms with Gasteiger partial charge in [-0.05, 0) is 23.8 Å². The number of hydrogen-bond acceptors (Lipinski definition) is 1. The molecule has 0 bridgehead atoms. The van der Waals surface area contributed by atoms with Gasteiger partial charge in [0.15, 0.2) is 0 Å². The molecule has 0 radical (unpaired) electrons. The second-order valence-corrected chi connectivity index (χ2v) is 4.49. The van der Waals surface area contributed by atoms with E-state index in [4.69, 9.17) is 0 Å². The van der Waals surface area contributed by atoms with E-state index in [1.165, 1.54) is 0 Å². The highest BCUT2D eigenvalue weighted by atomic mass is 16.1. The van der Waals surface area contributed by atoms with E-state index in [0.717, 1.165) is 12.1 Å². The predicted molar refractivity (Wildman–Crippen MR) is 54.0 cm³/mol. The first-order valence-corrected chi connectivity index (χ1v) is 4.62. The normalized spacial score (nSPS) is 22.4. The van der Waals surface area contributed by atoms with Crippen LogP contribution in [0.5, 0.6) is 0 Å². The maximum Gasteiger partial charge on any atom is 0.211 e. The van der Waals surface area contributed by atoms with Crippen molar-refractivity contribution in [2.45, 2.75) is 27.2 Å². The van der Waals surface area contributed by atoms with Gasteiger partial charge in [-0.2, -0.15) is 0 Å². The van der Waals surface area contributed by atoms with Gasteiger partial charge >= 0.3 is 0 Å². The van der Waals surface area contributed by atoms with Gasteiger partial charge < -0.3 is 5.32 Å². The molecule has 0 aromatic carbocycles. The minimum Gasteiger partial charge on any atom is -0.329 e. The van der Waals surface area contributed by atoms with Crippen LogP contribution in [0.15, 0.2) is 23.9 Å². The number of rotatable bonds is 2. The van der Waals surface area contributed by atoms with Crippen LogP contribution in [0.25, 0.3) is 0 Å². The second kappa shape index (κ2) is 3.77. The standard InChI is InChI=1S/C11H17NO/c1-11(2,3)9-4-6-10(7-5-9)12-8-13/h4,6-9H,5H2,1-3H3,(H,12,13). The Hall–Kier alpha value is -1.05. The third-order valence-corrected chi connectivity index (χ3v) is 2.44. The van der Waals surface area contributed by atoms with Crippen molar-refractivity contribution in [3.05, 3.63) is 23.9 Å². The quantitative estimate of drug-likeness (QED) is 0.647. The van der Waals surface area contributed by atoms with Gasteiger partial charge in [-0.3, -0.25) is 4.79 Å². The highest BCUT2D eigenvalue weighted by Gasteiger charge is 2.22. The Morgan fingerprint density at radius 1 is 1.54 bits per heavy atom. The maximum atomic E-state index is 10.2. The molecule has 0 saturated carbocycles.